The molecule has 314 valence electrons. The summed E-state index contributed by atoms with van der Waals surface area (Å²) < 4.78 is 5.29. The highest BCUT2D eigenvalue weighted by Crippen LogP contribution is 2.20. The Morgan fingerprint density at radius 3 is 2.14 bits per heavy atom. The number of H-pyrrole nitrogens is 1. The number of amides is 6. The maximum Gasteiger partial charge on any atom is 0.243 e. The summed E-state index contributed by atoms with van der Waals surface area (Å²) in [6.45, 7) is 8.62. The van der Waals surface area contributed by atoms with Gasteiger partial charge in [0.2, 0.25) is 35.4 Å². The highest BCUT2D eigenvalue weighted by molar-refractivity contribution is 5.96. The van der Waals surface area contributed by atoms with E-state index in [1.54, 1.807) is 62.1 Å². The van der Waals surface area contributed by atoms with Crippen molar-refractivity contribution in [2.24, 2.45) is 11.8 Å². The van der Waals surface area contributed by atoms with Crippen molar-refractivity contribution < 1.29 is 33.5 Å². The lowest BCUT2D eigenvalue weighted by molar-refractivity contribution is -0.138. The Labute approximate surface area is 344 Å². The molecule has 6 N–H and O–H groups in total. The molecule has 3 heterocycles. The largest absolute Gasteiger partial charge is 0.497 e. The summed E-state index contributed by atoms with van der Waals surface area (Å²) in [6.07, 6.45) is 5.22. The Morgan fingerprint density at radius 2 is 1.46 bits per heavy atom. The molecule has 1 aliphatic heterocycles. The summed E-state index contributed by atoms with van der Waals surface area (Å²) in [5, 5.41) is 15.2. The van der Waals surface area contributed by atoms with Gasteiger partial charge < -0.3 is 41.2 Å². The van der Waals surface area contributed by atoms with Crippen molar-refractivity contribution in [1.82, 2.24) is 41.5 Å². The van der Waals surface area contributed by atoms with Crippen LogP contribution in [0.15, 0.2) is 79.3 Å². The van der Waals surface area contributed by atoms with Crippen LogP contribution in [0.2, 0.25) is 0 Å². The van der Waals surface area contributed by atoms with E-state index in [1.165, 1.54) is 11.8 Å². The number of carbonyl (C=O) groups is 6. The predicted octanol–water partition coefficient (Wildman–Crippen LogP) is 2.59. The summed E-state index contributed by atoms with van der Waals surface area (Å²) in [6, 6.07) is 13.0. The quantitative estimate of drug-likeness (QED) is 0.140. The Morgan fingerprint density at radius 1 is 0.780 bits per heavy atom. The van der Waals surface area contributed by atoms with Crippen LogP contribution in [-0.4, -0.2) is 101 Å². The van der Waals surface area contributed by atoms with Gasteiger partial charge >= 0.3 is 0 Å². The summed E-state index contributed by atoms with van der Waals surface area (Å²) in [5.74, 6) is -2.99. The van der Waals surface area contributed by atoms with Gasteiger partial charge in [-0.15, -0.1) is 0 Å². The van der Waals surface area contributed by atoms with Crippen LogP contribution in [0.4, 0.5) is 0 Å². The van der Waals surface area contributed by atoms with E-state index in [9.17, 15) is 28.8 Å². The van der Waals surface area contributed by atoms with Crippen LogP contribution in [0.5, 0.6) is 5.75 Å². The molecule has 5 atom stereocenters. The van der Waals surface area contributed by atoms with Gasteiger partial charge in [-0.05, 0) is 66.1 Å². The molecule has 0 unspecified atom stereocenters. The Balaban J connectivity index is 1.53. The molecule has 0 bridgehead atoms. The van der Waals surface area contributed by atoms with Crippen LogP contribution in [0, 0.1) is 11.8 Å². The lowest BCUT2D eigenvalue weighted by Gasteiger charge is -2.32. The van der Waals surface area contributed by atoms with E-state index in [4.69, 9.17) is 4.74 Å². The SMILES string of the molecule is COc1ccc(C[C@@H]2NC(=O)[C@H](CC(C)C)NC(=O)[C@@H](Cc3c[nH]c4ccccc34)NC(=O)CN(C(=O)Cc3cccnc3)C[C@H](C(C)C)NC(=O)[C@@H](C)NC2=O)cc1. The van der Waals surface area contributed by atoms with E-state index in [-0.39, 0.29) is 44.1 Å². The third-order valence-corrected chi connectivity index (χ3v) is 10.4. The van der Waals surface area contributed by atoms with Gasteiger partial charge in [-0.1, -0.05) is 64.1 Å². The van der Waals surface area contributed by atoms with Crippen molar-refractivity contribution in [1.29, 1.82) is 0 Å². The molecule has 2 aromatic carbocycles. The van der Waals surface area contributed by atoms with Gasteiger partial charge in [0.15, 0.2) is 0 Å². The molecule has 1 saturated heterocycles. The highest BCUT2D eigenvalue weighted by atomic mass is 16.5. The fraction of sp³-hybridized carbons (Fsp3) is 0.432. The first-order valence-electron chi connectivity index (χ1n) is 20.1. The first-order valence-corrected chi connectivity index (χ1v) is 20.1. The Bertz CT molecular complexity index is 2090. The monoisotopic (exact) mass is 808 g/mol. The van der Waals surface area contributed by atoms with E-state index in [0.29, 0.717) is 16.9 Å². The number of nitrogens with one attached hydrogen (secondary N) is 6. The van der Waals surface area contributed by atoms with Crippen molar-refractivity contribution in [2.75, 3.05) is 20.2 Å². The van der Waals surface area contributed by atoms with Crippen LogP contribution < -0.4 is 31.3 Å². The van der Waals surface area contributed by atoms with Crippen molar-refractivity contribution >= 4 is 46.3 Å². The number of hydrogen-bond acceptors (Lipinski definition) is 8. The van der Waals surface area contributed by atoms with E-state index in [0.717, 1.165) is 16.5 Å². The second-order valence-electron chi connectivity index (χ2n) is 15.9. The van der Waals surface area contributed by atoms with Gasteiger partial charge in [-0.2, -0.15) is 0 Å². The molecule has 4 aromatic rings. The second kappa shape index (κ2) is 20.4. The van der Waals surface area contributed by atoms with E-state index >= 15 is 0 Å². The number of methoxy groups -OCH3 is 1. The average molecular weight is 809 g/mol. The number of fused-ring (bicyclic) bond motifs is 1. The molecule has 0 aliphatic carbocycles. The number of nitrogens with zero attached hydrogens (tertiary/aromatic N) is 2. The number of aromatic nitrogens is 2. The number of carbonyl (C=O) groups excluding carboxylic acids is 6. The molecule has 0 radical (unpaired) electrons. The topological polar surface area (TPSA) is 204 Å². The van der Waals surface area contributed by atoms with Crippen LogP contribution in [-0.2, 0) is 48.0 Å². The zero-order valence-electron chi connectivity index (χ0n) is 34.5. The molecular weight excluding hydrogens is 753 g/mol. The van der Waals surface area contributed by atoms with E-state index in [1.807, 2.05) is 52.0 Å². The fourth-order valence-corrected chi connectivity index (χ4v) is 6.99. The molecule has 0 spiro atoms. The minimum atomic E-state index is -1.17. The zero-order valence-corrected chi connectivity index (χ0v) is 34.5. The second-order valence-corrected chi connectivity index (χ2v) is 15.9. The average Bonchev–Trinajstić information content (AvgIpc) is 3.61. The fourth-order valence-electron chi connectivity index (χ4n) is 6.99. The molecule has 5 rings (SSSR count). The molecule has 1 fully saturated rings. The lowest BCUT2D eigenvalue weighted by Crippen LogP contribution is -2.60. The molecular formula is C44H56N8O7. The molecule has 59 heavy (non-hydrogen) atoms. The summed E-state index contributed by atoms with van der Waals surface area (Å²) in [4.78, 5) is 93.0. The molecule has 15 heteroatoms. The van der Waals surface area contributed by atoms with Gasteiger partial charge in [0.1, 0.15) is 29.9 Å². The smallest absolute Gasteiger partial charge is 0.243 e. The number of hydrogen-bond donors (Lipinski definition) is 6. The van der Waals surface area contributed by atoms with Crippen molar-refractivity contribution in [3.63, 3.8) is 0 Å². The molecule has 1 aliphatic rings. The van der Waals surface area contributed by atoms with Gasteiger partial charge in [-0.3, -0.25) is 33.8 Å². The van der Waals surface area contributed by atoms with Crippen molar-refractivity contribution in [3.8, 4) is 5.75 Å². The number of benzene rings is 2. The predicted molar refractivity (Wildman–Crippen MR) is 223 cm³/mol. The molecule has 6 amide bonds. The van der Waals surface area contributed by atoms with Crippen molar-refractivity contribution in [3.05, 3.63) is 95.9 Å². The lowest BCUT2D eigenvalue weighted by atomic mass is 9.99. The van der Waals surface area contributed by atoms with Crippen LogP contribution in [0.1, 0.15) is 57.7 Å². The molecule has 0 saturated carbocycles. The highest BCUT2D eigenvalue weighted by Gasteiger charge is 2.34. The van der Waals surface area contributed by atoms with Crippen LogP contribution in [0.3, 0.4) is 0 Å². The van der Waals surface area contributed by atoms with Gasteiger partial charge in [-0.25, -0.2) is 0 Å². The normalized spacial score (nSPS) is 21.5. The van der Waals surface area contributed by atoms with E-state index in [2.05, 4.69) is 36.6 Å². The maximum atomic E-state index is 14.4. The minimum absolute atomic E-state index is 0.0392. The van der Waals surface area contributed by atoms with Crippen LogP contribution >= 0.6 is 0 Å². The number of aromatic amines is 1. The number of ether oxygens (including phenoxy) is 1. The van der Waals surface area contributed by atoms with E-state index < -0.39 is 72.2 Å². The number of pyridine rings is 1. The zero-order chi connectivity index (χ0) is 42.6. The first-order chi connectivity index (χ1) is 28.2. The summed E-state index contributed by atoms with van der Waals surface area (Å²) in [5.41, 5.74) is 2.95. The number of rotatable bonds is 10. The Hall–Kier alpha value is -6.25. The third kappa shape index (κ3) is 12.4. The minimum Gasteiger partial charge on any atom is -0.497 e. The van der Waals surface area contributed by atoms with Crippen molar-refractivity contribution in [2.45, 2.75) is 90.5 Å². The Kier molecular flexibility index (Phi) is 15.2. The van der Waals surface area contributed by atoms with Crippen LogP contribution in [0.25, 0.3) is 10.9 Å². The first kappa shape index (κ1) is 43.9. The number of para-hydroxylation sites is 1. The third-order valence-electron chi connectivity index (χ3n) is 10.4. The standard InChI is InChI=1S/C44H56N8O7/c1-26(2)18-35-43(57)50-36(19-29-13-15-32(59-6)16-14-29)42(56)47-28(5)41(55)51-38(27(3)4)24-52(40(54)20-30-10-9-17-45-22-30)25-39(53)48-37(44(58)49-35)21-31-23-46-34-12-8-7-11-33(31)34/h7-17,22-23,26-28,35-38,46H,18-21,24-25H2,1-6H3,(H,47,56)(H,48,53)(H,49,58)(H,50,57)(H,51,55)/t28-,35+,36+,37-,38-/m1/s1. The summed E-state index contributed by atoms with van der Waals surface area (Å²) in [7, 11) is 1.54. The maximum absolute atomic E-state index is 14.4. The summed E-state index contributed by atoms with van der Waals surface area (Å²) >= 11 is 0. The molecule has 2 aromatic heterocycles. The molecule has 15 nitrogen and oxygen atoms in total. The van der Waals surface area contributed by atoms with Gasteiger partial charge in [0.05, 0.1) is 20.1 Å². The van der Waals surface area contributed by atoms with Gasteiger partial charge in [0, 0.05) is 54.9 Å². The van der Waals surface area contributed by atoms with Gasteiger partial charge in [0.25, 0.3) is 0 Å².